The van der Waals surface area contributed by atoms with Crippen LogP contribution >= 0.6 is 27.7 Å². The third-order valence-corrected chi connectivity index (χ3v) is 5.25. The number of halogens is 1. The predicted molar refractivity (Wildman–Crippen MR) is 90.9 cm³/mol. The van der Waals surface area contributed by atoms with Gasteiger partial charge in [0.15, 0.2) is 11.5 Å². The Morgan fingerprint density at radius 3 is 3.05 bits per heavy atom. The van der Waals surface area contributed by atoms with Crippen LogP contribution < -0.4 is 14.8 Å². The molecule has 0 saturated carbocycles. The number of hydrogen-bond donors (Lipinski definition) is 1. The molecule has 1 aromatic rings. The molecule has 5 nitrogen and oxygen atoms in total. The summed E-state index contributed by atoms with van der Waals surface area (Å²) < 4.78 is 12.0. The van der Waals surface area contributed by atoms with E-state index >= 15 is 0 Å². The van der Waals surface area contributed by atoms with Gasteiger partial charge in [0.2, 0.25) is 0 Å². The molecule has 22 heavy (non-hydrogen) atoms. The SMILES string of the molecule is O=C(NCc1cc(Br)c2c(c1)OCCO2)N1CCCSCC1. The molecule has 0 radical (unpaired) electrons. The van der Waals surface area contributed by atoms with Gasteiger partial charge in [0.05, 0.1) is 4.47 Å². The zero-order valence-corrected chi connectivity index (χ0v) is 14.7. The van der Waals surface area contributed by atoms with E-state index in [-0.39, 0.29) is 6.03 Å². The van der Waals surface area contributed by atoms with Gasteiger partial charge in [-0.3, -0.25) is 0 Å². The molecule has 0 atom stereocenters. The van der Waals surface area contributed by atoms with Crippen molar-refractivity contribution in [2.45, 2.75) is 13.0 Å². The molecule has 2 heterocycles. The van der Waals surface area contributed by atoms with Gasteiger partial charge >= 0.3 is 6.03 Å². The maximum Gasteiger partial charge on any atom is 0.317 e. The number of hydrogen-bond acceptors (Lipinski definition) is 4. The molecule has 2 aliphatic rings. The van der Waals surface area contributed by atoms with E-state index in [1.54, 1.807) is 0 Å². The second-order valence-electron chi connectivity index (χ2n) is 5.21. The van der Waals surface area contributed by atoms with Crippen molar-refractivity contribution in [1.82, 2.24) is 10.2 Å². The van der Waals surface area contributed by atoms with Crippen molar-refractivity contribution in [2.75, 3.05) is 37.8 Å². The molecule has 3 rings (SSSR count). The lowest BCUT2D eigenvalue weighted by Crippen LogP contribution is -2.40. The highest BCUT2D eigenvalue weighted by molar-refractivity contribution is 9.10. The maximum atomic E-state index is 12.2. The van der Waals surface area contributed by atoms with Crippen LogP contribution in [0.1, 0.15) is 12.0 Å². The highest BCUT2D eigenvalue weighted by atomic mass is 79.9. The summed E-state index contributed by atoms with van der Waals surface area (Å²) in [6.45, 7) is 3.26. The first-order valence-corrected chi connectivity index (χ1v) is 9.37. The monoisotopic (exact) mass is 386 g/mol. The zero-order chi connectivity index (χ0) is 15.4. The molecule has 2 amide bonds. The molecule has 2 aliphatic heterocycles. The molecular weight excluding hydrogens is 368 g/mol. The van der Waals surface area contributed by atoms with E-state index in [1.807, 2.05) is 28.8 Å². The summed E-state index contributed by atoms with van der Waals surface area (Å²) in [6, 6.07) is 3.90. The van der Waals surface area contributed by atoms with E-state index in [0.29, 0.717) is 19.8 Å². The molecule has 0 aromatic heterocycles. The van der Waals surface area contributed by atoms with Crippen molar-refractivity contribution in [1.29, 1.82) is 0 Å². The van der Waals surface area contributed by atoms with Crippen molar-refractivity contribution in [3.8, 4) is 11.5 Å². The Labute approximate surface area is 142 Å². The van der Waals surface area contributed by atoms with Gasteiger partial charge < -0.3 is 19.7 Å². The standard InChI is InChI=1S/C15H19BrN2O3S/c16-12-8-11(9-13-14(12)21-5-4-20-13)10-17-15(19)18-2-1-6-22-7-3-18/h8-9H,1-7,10H2,(H,17,19). The molecule has 0 unspecified atom stereocenters. The third kappa shape index (κ3) is 3.81. The Kier molecular flexibility index (Phi) is 5.36. The van der Waals surface area contributed by atoms with E-state index in [4.69, 9.17) is 9.47 Å². The summed E-state index contributed by atoms with van der Waals surface area (Å²) in [5.74, 6) is 3.63. The minimum atomic E-state index is 0.00788. The summed E-state index contributed by atoms with van der Waals surface area (Å²) in [4.78, 5) is 14.1. The largest absolute Gasteiger partial charge is 0.486 e. The number of ether oxygens (including phenoxy) is 2. The van der Waals surface area contributed by atoms with Crippen LogP contribution in [0.15, 0.2) is 16.6 Å². The fraction of sp³-hybridized carbons (Fsp3) is 0.533. The van der Waals surface area contributed by atoms with Gasteiger partial charge in [0, 0.05) is 25.4 Å². The van der Waals surface area contributed by atoms with Crippen LogP contribution in [0.25, 0.3) is 0 Å². The van der Waals surface area contributed by atoms with Crippen LogP contribution in [0.4, 0.5) is 4.79 Å². The first kappa shape index (κ1) is 15.8. The topological polar surface area (TPSA) is 50.8 Å². The molecule has 0 spiro atoms. The lowest BCUT2D eigenvalue weighted by atomic mass is 10.2. The van der Waals surface area contributed by atoms with Crippen LogP contribution in [0.2, 0.25) is 0 Å². The zero-order valence-electron chi connectivity index (χ0n) is 12.3. The number of fused-ring (bicyclic) bond motifs is 1. The van der Waals surface area contributed by atoms with Crippen molar-refractivity contribution in [3.05, 3.63) is 22.2 Å². The summed E-state index contributed by atoms with van der Waals surface area (Å²) in [5.41, 5.74) is 0.994. The van der Waals surface area contributed by atoms with Gasteiger partial charge in [-0.1, -0.05) is 0 Å². The molecule has 120 valence electrons. The molecule has 7 heteroatoms. The van der Waals surface area contributed by atoms with Gasteiger partial charge in [0.1, 0.15) is 13.2 Å². The first-order chi connectivity index (χ1) is 10.7. The Morgan fingerprint density at radius 2 is 2.14 bits per heavy atom. The molecule has 1 fully saturated rings. The quantitative estimate of drug-likeness (QED) is 0.848. The molecule has 1 aromatic carbocycles. The number of carbonyl (C=O) groups excluding carboxylic acids is 1. The number of rotatable bonds is 2. The average molecular weight is 387 g/mol. The van der Waals surface area contributed by atoms with E-state index < -0.39 is 0 Å². The normalized spacial score (nSPS) is 17.8. The minimum Gasteiger partial charge on any atom is -0.486 e. The minimum absolute atomic E-state index is 0.00788. The van der Waals surface area contributed by atoms with Crippen LogP contribution in [0.3, 0.4) is 0 Å². The van der Waals surface area contributed by atoms with Gasteiger partial charge in [0.25, 0.3) is 0 Å². The maximum absolute atomic E-state index is 12.2. The third-order valence-electron chi connectivity index (χ3n) is 3.61. The van der Waals surface area contributed by atoms with Crippen molar-refractivity contribution in [3.63, 3.8) is 0 Å². The lowest BCUT2D eigenvalue weighted by molar-refractivity contribution is 0.170. The highest BCUT2D eigenvalue weighted by Gasteiger charge is 2.18. The summed E-state index contributed by atoms with van der Waals surface area (Å²) in [6.07, 6.45) is 1.06. The molecular formula is C15H19BrN2O3S. The fourth-order valence-corrected chi connectivity index (χ4v) is 4.00. The molecule has 1 N–H and O–H groups in total. The van der Waals surface area contributed by atoms with E-state index in [1.165, 1.54) is 0 Å². The first-order valence-electron chi connectivity index (χ1n) is 7.42. The lowest BCUT2D eigenvalue weighted by Gasteiger charge is -2.22. The number of nitrogens with zero attached hydrogens (tertiary/aromatic N) is 1. The van der Waals surface area contributed by atoms with Crippen LogP contribution in [0.5, 0.6) is 11.5 Å². The van der Waals surface area contributed by atoms with E-state index in [2.05, 4.69) is 21.2 Å². The Balaban J connectivity index is 1.61. The summed E-state index contributed by atoms with van der Waals surface area (Å²) >= 11 is 5.41. The Hall–Kier alpha value is -1.08. The number of thioether (sulfide) groups is 1. The summed E-state index contributed by atoms with van der Waals surface area (Å²) in [5, 5.41) is 2.99. The van der Waals surface area contributed by atoms with Crippen LogP contribution in [-0.2, 0) is 6.54 Å². The van der Waals surface area contributed by atoms with Crippen molar-refractivity contribution in [2.24, 2.45) is 0 Å². The molecule has 0 aliphatic carbocycles. The Morgan fingerprint density at radius 1 is 1.27 bits per heavy atom. The van der Waals surface area contributed by atoms with Gasteiger partial charge in [-0.25, -0.2) is 4.79 Å². The molecule has 1 saturated heterocycles. The summed E-state index contributed by atoms with van der Waals surface area (Å²) in [7, 11) is 0. The van der Waals surface area contributed by atoms with Gasteiger partial charge in [-0.15, -0.1) is 0 Å². The average Bonchev–Trinajstić information content (AvgIpc) is 2.82. The van der Waals surface area contributed by atoms with Gasteiger partial charge in [-0.05, 0) is 45.8 Å². The number of benzene rings is 1. The van der Waals surface area contributed by atoms with Crippen molar-refractivity contribution >= 4 is 33.7 Å². The van der Waals surface area contributed by atoms with Gasteiger partial charge in [-0.2, -0.15) is 11.8 Å². The number of amides is 2. The smallest absolute Gasteiger partial charge is 0.317 e. The molecule has 0 bridgehead atoms. The Bertz CT molecular complexity index is 548. The van der Waals surface area contributed by atoms with Crippen molar-refractivity contribution < 1.29 is 14.3 Å². The van der Waals surface area contributed by atoms with E-state index in [9.17, 15) is 4.79 Å². The fourth-order valence-electron chi connectivity index (χ4n) is 2.50. The second-order valence-corrected chi connectivity index (χ2v) is 7.29. The second kappa shape index (κ2) is 7.46. The number of carbonyl (C=O) groups is 1. The highest BCUT2D eigenvalue weighted by Crippen LogP contribution is 2.38. The number of nitrogens with one attached hydrogen (secondary N) is 1. The van der Waals surface area contributed by atoms with Crippen LogP contribution in [0, 0.1) is 0 Å². The van der Waals surface area contributed by atoms with Crippen LogP contribution in [-0.4, -0.2) is 48.7 Å². The van der Waals surface area contributed by atoms with E-state index in [0.717, 1.165) is 52.6 Å². The predicted octanol–water partition coefficient (Wildman–Crippen LogP) is 2.87. The number of urea groups is 1.